The van der Waals surface area contributed by atoms with Crippen molar-refractivity contribution in [2.24, 2.45) is 0 Å². The number of rotatable bonds is 3. The summed E-state index contributed by atoms with van der Waals surface area (Å²) in [7, 11) is 1.69. The Balaban J connectivity index is 2.51. The molecule has 1 aliphatic heterocycles. The molecule has 0 saturated carbocycles. The summed E-state index contributed by atoms with van der Waals surface area (Å²) in [6, 6.07) is 2.35. The average molecular weight is 168 g/mol. The van der Waals surface area contributed by atoms with Crippen molar-refractivity contribution < 1.29 is 4.74 Å². The molecule has 1 fully saturated rings. The average Bonchev–Trinajstić information content (AvgIpc) is 2.54. The molecule has 3 nitrogen and oxygen atoms in total. The minimum Gasteiger partial charge on any atom is -0.382 e. The molecule has 2 atom stereocenters. The van der Waals surface area contributed by atoms with Gasteiger partial charge in [-0.15, -0.1) is 0 Å². The molecule has 1 saturated heterocycles. The predicted molar refractivity (Wildman–Crippen MR) is 46.7 cm³/mol. The first-order chi connectivity index (χ1) is 5.72. The summed E-state index contributed by atoms with van der Waals surface area (Å²) < 4.78 is 5.15. The van der Waals surface area contributed by atoms with Crippen LogP contribution in [0.2, 0.25) is 0 Å². The van der Waals surface area contributed by atoms with Gasteiger partial charge in [-0.2, -0.15) is 5.26 Å². The number of nitrogens with one attached hydrogen (secondary N) is 1. The molecule has 3 heteroatoms. The molecule has 0 aliphatic carbocycles. The fourth-order valence-corrected chi connectivity index (χ4v) is 1.70. The Labute approximate surface area is 73.7 Å². The summed E-state index contributed by atoms with van der Waals surface area (Å²) in [6.07, 6.45) is 3.01. The highest BCUT2D eigenvalue weighted by molar-refractivity contribution is 5.10. The Hall–Kier alpha value is -0.590. The maximum atomic E-state index is 8.99. The molecule has 0 radical (unpaired) electrons. The molecule has 1 rings (SSSR count). The molecule has 2 unspecified atom stereocenters. The Morgan fingerprint density at radius 3 is 2.92 bits per heavy atom. The summed E-state index contributed by atoms with van der Waals surface area (Å²) >= 11 is 0. The number of methoxy groups -OCH3 is 1. The molecule has 68 valence electrons. The number of hydrogen-bond donors (Lipinski definition) is 1. The molecule has 0 aromatic carbocycles. The van der Waals surface area contributed by atoms with Crippen LogP contribution in [0.15, 0.2) is 0 Å². The highest BCUT2D eigenvalue weighted by Crippen LogP contribution is 2.24. The monoisotopic (exact) mass is 168 g/mol. The summed E-state index contributed by atoms with van der Waals surface area (Å²) in [4.78, 5) is 0. The van der Waals surface area contributed by atoms with E-state index in [9.17, 15) is 0 Å². The molecule has 1 aliphatic rings. The topological polar surface area (TPSA) is 45.0 Å². The zero-order valence-electron chi connectivity index (χ0n) is 7.76. The largest absolute Gasteiger partial charge is 0.382 e. The van der Waals surface area contributed by atoms with Gasteiger partial charge in [-0.05, 0) is 26.3 Å². The van der Waals surface area contributed by atoms with E-state index in [4.69, 9.17) is 10.00 Å². The third-order valence-electron chi connectivity index (χ3n) is 2.50. The van der Waals surface area contributed by atoms with Crippen molar-refractivity contribution >= 4 is 0 Å². The molecule has 1 N–H and O–H groups in total. The molecule has 0 aromatic rings. The van der Waals surface area contributed by atoms with E-state index in [0.717, 1.165) is 25.8 Å². The highest BCUT2D eigenvalue weighted by atomic mass is 16.5. The van der Waals surface area contributed by atoms with E-state index in [1.165, 1.54) is 0 Å². The lowest BCUT2D eigenvalue weighted by Crippen LogP contribution is -2.41. The third-order valence-corrected chi connectivity index (χ3v) is 2.50. The summed E-state index contributed by atoms with van der Waals surface area (Å²) in [5.41, 5.74) is -0.310. The van der Waals surface area contributed by atoms with E-state index in [1.807, 2.05) is 6.92 Å². The highest BCUT2D eigenvalue weighted by Gasteiger charge is 2.34. The Kier molecular flexibility index (Phi) is 3.07. The SMILES string of the molecule is COC(C)CC1(C#N)CCCN1. The quantitative estimate of drug-likeness (QED) is 0.685. The predicted octanol–water partition coefficient (Wildman–Crippen LogP) is 1.06. The van der Waals surface area contributed by atoms with E-state index in [2.05, 4.69) is 11.4 Å². The molecular weight excluding hydrogens is 152 g/mol. The fourth-order valence-electron chi connectivity index (χ4n) is 1.70. The Morgan fingerprint density at radius 2 is 2.50 bits per heavy atom. The van der Waals surface area contributed by atoms with Gasteiger partial charge in [0.05, 0.1) is 12.2 Å². The minimum atomic E-state index is -0.310. The smallest absolute Gasteiger partial charge is 0.109 e. The zero-order chi connectivity index (χ0) is 9.03. The van der Waals surface area contributed by atoms with Gasteiger partial charge in [0.1, 0.15) is 5.54 Å². The van der Waals surface area contributed by atoms with Crippen molar-refractivity contribution in [3.8, 4) is 6.07 Å². The maximum absolute atomic E-state index is 8.99. The van der Waals surface area contributed by atoms with Crippen molar-refractivity contribution in [2.45, 2.75) is 37.8 Å². The van der Waals surface area contributed by atoms with E-state index < -0.39 is 0 Å². The molecule has 12 heavy (non-hydrogen) atoms. The number of nitriles is 1. The Morgan fingerprint density at radius 1 is 1.75 bits per heavy atom. The molecular formula is C9H16N2O. The van der Waals surface area contributed by atoms with Crippen molar-refractivity contribution in [1.82, 2.24) is 5.32 Å². The van der Waals surface area contributed by atoms with Crippen LogP contribution in [0.25, 0.3) is 0 Å². The van der Waals surface area contributed by atoms with Crippen LogP contribution < -0.4 is 5.32 Å². The van der Waals surface area contributed by atoms with Gasteiger partial charge < -0.3 is 4.74 Å². The van der Waals surface area contributed by atoms with Crippen LogP contribution in [0.3, 0.4) is 0 Å². The van der Waals surface area contributed by atoms with Crippen LogP contribution in [0.1, 0.15) is 26.2 Å². The van der Waals surface area contributed by atoms with Gasteiger partial charge in [0.25, 0.3) is 0 Å². The first-order valence-electron chi connectivity index (χ1n) is 4.41. The second-order valence-electron chi connectivity index (χ2n) is 3.47. The molecule has 0 amide bonds. The number of ether oxygens (including phenoxy) is 1. The van der Waals surface area contributed by atoms with E-state index in [1.54, 1.807) is 7.11 Å². The van der Waals surface area contributed by atoms with Crippen molar-refractivity contribution in [1.29, 1.82) is 5.26 Å². The molecule has 0 aromatic heterocycles. The third kappa shape index (κ3) is 1.96. The minimum absolute atomic E-state index is 0.162. The first kappa shape index (κ1) is 9.50. The van der Waals surface area contributed by atoms with Crippen LogP contribution in [-0.2, 0) is 4.74 Å². The van der Waals surface area contributed by atoms with Crippen LogP contribution in [0.4, 0.5) is 0 Å². The summed E-state index contributed by atoms with van der Waals surface area (Å²) in [5.74, 6) is 0. The van der Waals surface area contributed by atoms with Crippen molar-refractivity contribution in [2.75, 3.05) is 13.7 Å². The lowest BCUT2D eigenvalue weighted by molar-refractivity contribution is 0.0934. The van der Waals surface area contributed by atoms with Gasteiger partial charge in [-0.1, -0.05) is 0 Å². The fraction of sp³-hybridized carbons (Fsp3) is 0.889. The van der Waals surface area contributed by atoms with Gasteiger partial charge >= 0.3 is 0 Å². The van der Waals surface area contributed by atoms with E-state index in [0.29, 0.717) is 0 Å². The second-order valence-corrected chi connectivity index (χ2v) is 3.47. The molecule has 1 heterocycles. The van der Waals surface area contributed by atoms with E-state index >= 15 is 0 Å². The van der Waals surface area contributed by atoms with Crippen LogP contribution in [0.5, 0.6) is 0 Å². The van der Waals surface area contributed by atoms with Crippen LogP contribution >= 0.6 is 0 Å². The Bertz CT molecular complexity index is 179. The lowest BCUT2D eigenvalue weighted by Gasteiger charge is -2.23. The first-order valence-corrected chi connectivity index (χ1v) is 4.41. The zero-order valence-corrected chi connectivity index (χ0v) is 7.76. The van der Waals surface area contributed by atoms with Gasteiger partial charge in [0.15, 0.2) is 0 Å². The van der Waals surface area contributed by atoms with Crippen molar-refractivity contribution in [3.63, 3.8) is 0 Å². The molecule has 0 spiro atoms. The van der Waals surface area contributed by atoms with E-state index in [-0.39, 0.29) is 11.6 Å². The van der Waals surface area contributed by atoms with Gasteiger partial charge in [-0.3, -0.25) is 5.32 Å². The molecule has 0 bridgehead atoms. The van der Waals surface area contributed by atoms with Gasteiger partial charge in [0, 0.05) is 13.5 Å². The van der Waals surface area contributed by atoms with Gasteiger partial charge in [0.2, 0.25) is 0 Å². The lowest BCUT2D eigenvalue weighted by atomic mass is 9.92. The van der Waals surface area contributed by atoms with Crippen LogP contribution in [0, 0.1) is 11.3 Å². The number of hydrogen-bond acceptors (Lipinski definition) is 3. The second kappa shape index (κ2) is 3.88. The standard InChI is InChI=1S/C9H16N2O/c1-8(12-2)6-9(7-10)4-3-5-11-9/h8,11H,3-6H2,1-2H3. The summed E-state index contributed by atoms with van der Waals surface area (Å²) in [5, 5.41) is 12.2. The maximum Gasteiger partial charge on any atom is 0.109 e. The summed E-state index contributed by atoms with van der Waals surface area (Å²) in [6.45, 7) is 2.96. The van der Waals surface area contributed by atoms with Gasteiger partial charge in [-0.25, -0.2) is 0 Å². The van der Waals surface area contributed by atoms with Crippen molar-refractivity contribution in [3.05, 3.63) is 0 Å². The van der Waals surface area contributed by atoms with Crippen LogP contribution in [-0.4, -0.2) is 25.3 Å². The number of nitrogens with zero attached hydrogens (tertiary/aromatic N) is 1. The normalized spacial score (nSPS) is 31.4.